The molecule has 104 valence electrons. The van der Waals surface area contributed by atoms with Crippen molar-refractivity contribution in [3.8, 4) is 0 Å². The zero-order valence-corrected chi connectivity index (χ0v) is 11.3. The molecule has 2 N–H and O–H groups in total. The molecule has 5 nitrogen and oxygen atoms in total. The summed E-state index contributed by atoms with van der Waals surface area (Å²) >= 11 is 0. The highest BCUT2D eigenvalue weighted by Gasteiger charge is 2.33. The summed E-state index contributed by atoms with van der Waals surface area (Å²) in [6.07, 6.45) is 0.0482. The van der Waals surface area contributed by atoms with E-state index < -0.39 is 21.9 Å². The lowest BCUT2D eigenvalue weighted by Gasteiger charge is -2.17. The number of rotatable bonds is 3. The molecule has 2 rings (SSSR count). The second kappa shape index (κ2) is 4.80. The summed E-state index contributed by atoms with van der Waals surface area (Å²) in [6.45, 7) is 2.04. The molecular formula is C12H15FN2O3S. The molecule has 1 aliphatic heterocycles. The van der Waals surface area contributed by atoms with Gasteiger partial charge in [0, 0.05) is 30.3 Å². The first-order valence-corrected chi connectivity index (χ1v) is 7.40. The monoisotopic (exact) mass is 286 g/mol. The van der Waals surface area contributed by atoms with E-state index in [2.05, 4.69) is 0 Å². The molecule has 0 bridgehead atoms. The fraction of sp³-hybridized carbons (Fsp3) is 0.417. The van der Waals surface area contributed by atoms with Gasteiger partial charge < -0.3 is 10.6 Å². The minimum Gasteiger partial charge on any atom is -0.399 e. The Hall–Kier alpha value is -1.63. The van der Waals surface area contributed by atoms with Gasteiger partial charge in [-0.1, -0.05) is 0 Å². The molecule has 1 aliphatic rings. The number of nitrogens with two attached hydrogens (primary N) is 1. The fourth-order valence-electron chi connectivity index (χ4n) is 2.25. The molecule has 0 spiro atoms. The number of nitrogen functional groups attached to an aromatic ring is 1. The minimum atomic E-state index is -4.55. The molecule has 0 aromatic heterocycles. The van der Waals surface area contributed by atoms with Crippen LogP contribution in [0.3, 0.4) is 0 Å². The lowest BCUT2D eigenvalue weighted by molar-refractivity contribution is -0.117. The molecule has 1 saturated heterocycles. The van der Waals surface area contributed by atoms with Crippen molar-refractivity contribution in [1.82, 2.24) is 0 Å². The molecular weight excluding hydrogens is 271 g/mol. The molecule has 1 amide bonds. The maximum atomic E-state index is 12.6. The maximum absolute atomic E-state index is 12.6. The molecule has 1 fully saturated rings. The second-order valence-electron chi connectivity index (χ2n) is 4.82. The zero-order valence-electron chi connectivity index (χ0n) is 10.5. The predicted octanol–water partition coefficient (Wildman–Crippen LogP) is 1.23. The van der Waals surface area contributed by atoms with E-state index in [9.17, 15) is 17.1 Å². The van der Waals surface area contributed by atoms with Crippen LogP contribution in [-0.4, -0.2) is 26.6 Å². The smallest absolute Gasteiger partial charge is 0.302 e. The highest BCUT2D eigenvalue weighted by atomic mass is 32.3. The van der Waals surface area contributed by atoms with E-state index >= 15 is 0 Å². The highest BCUT2D eigenvalue weighted by molar-refractivity contribution is 7.86. The van der Waals surface area contributed by atoms with Gasteiger partial charge in [-0.15, -0.1) is 3.89 Å². The Morgan fingerprint density at radius 3 is 2.74 bits per heavy atom. The number of carbonyl (C=O) groups excluding carboxylic acids is 1. The lowest BCUT2D eigenvalue weighted by Crippen LogP contribution is -2.25. The molecule has 1 heterocycles. The normalized spacial score (nSPS) is 20.0. The highest BCUT2D eigenvalue weighted by Crippen LogP contribution is 2.28. The number of anilines is 2. The van der Waals surface area contributed by atoms with E-state index in [0.717, 1.165) is 5.56 Å². The van der Waals surface area contributed by atoms with Crippen molar-refractivity contribution in [2.45, 2.75) is 13.3 Å². The number of aryl methyl sites for hydroxylation is 1. The summed E-state index contributed by atoms with van der Waals surface area (Å²) in [5, 5.41) is 0. The van der Waals surface area contributed by atoms with Crippen molar-refractivity contribution in [3.05, 3.63) is 23.8 Å². The van der Waals surface area contributed by atoms with Crippen LogP contribution in [0.2, 0.25) is 0 Å². The van der Waals surface area contributed by atoms with E-state index in [1.807, 2.05) is 6.92 Å². The molecule has 1 aromatic carbocycles. The Morgan fingerprint density at radius 1 is 1.47 bits per heavy atom. The van der Waals surface area contributed by atoms with Gasteiger partial charge in [0.05, 0.1) is 5.75 Å². The first-order chi connectivity index (χ1) is 8.76. The summed E-state index contributed by atoms with van der Waals surface area (Å²) in [6, 6.07) is 5.16. The maximum Gasteiger partial charge on any atom is 0.302 e. The molecule has 1 atom stereocenters. The zero-order chi connectivity index (χ0) is 14.2. The number of carbonyl (C=O) groups is 1. The van der Waals surface area contributed by atoms with E-state index in [-0.39, 0.29) is 18.9 Å². The minimum absolute atomic E-state index is 0.0482. The fourth-order valence-corrected chi connectivity index (χ4v) is 3.04. The quantitative estimate of drug-likeness (QED) is 0.669. The van der Waals surface area contributed by atoms with E-state index in [0.29, 0.717) is 11.4 Å². The Labute approximate surface area is 111 Å². The largest absolute Gasteiger partial charge is 0.399 e. The average Bonchev–Trinajstić information content (AvgIpc) is 2.61. The second-order valence-corrected chi connectivity index (χ2v) is 6.23. The first kappa shape index (κ1) is 13.8. The molecule has 0 radical (unpaired) electrons. The van der Waals surface area contributed by atoms with Crippen LogP contribution in [0.4, 0.5) is 15.3 Å². The van der Waals surface area contributed by atoms with Crippen molar-refractivity contribution >= 4 is 27.5 Å². The van der Waals surface area contributed by atoms with Crippen molar-refractivity contribution < 1.29 is 17.1 Å². The molecule has 0 saturated carbocycles. The summed E-state index contributed by atoms with van der Waals surface area (Å²) in [5.74, 6) is -1.30. The van der Waals surface area contributed by atoms with Crippen LogP contribution in [0.15, 0.2) is 18.2 Å². The summed E-state index contributed by atoms with van der Waals surface area (Å²) in [5.41, 5.74) is 7.83. The van der Waals surface area contributed by atoms with Gasteiger partial charge in [0.1, 0.15) is 0 Å². The molecule has 0 aliphatic carbocycles. The van der Waals surface area contributed by atoms with Crippen LogP contribution in [-0.2, 0) is 15.0 Å². The molecule has 7 heteroatoms. The van der Waals surface area contributed by atoms with Crippen LogP contribution in [0.1, 0.15) is 12.0 Å². The van der Waals surface area contributed by atoms with Gasteiger partial charge in [-0.3, -0.25) is 4.79 Å². The molecule has 1 aromatic rings. The van der Waals surface area contributed by atoms with Crippen molar-refractivity contribution in [1.29, 1.82) is 0 Å². The Kier molecular flexibility index (Phi) is 3.49. The van der Waals surface area contributed by atoms with Crippen LogP contribution < -0.4 is 10.6 Å². The third-order valence-electron chi connectivity index (χ3n) is 3.20. The van der Waals surface area contributed by atoms with Crippen molar-refractivity contribution in [2.24, 2.45) is 5.92 Å². The number of hydrogen-bond acceptors (Lipinski definition) is 4. The predicted molar refractivity (Wildman–Crippen MR) is 70.9 cm³/mol. The Morgan fingerprint density at radius 2 is 2.16 bits per heavy atom. The van der Waals surface area contributed by atoms with Crippen LogP contribution >= 0.6 is 0 Å². The number of amides is 1. The van der Waals surface area contributed by atoms with Crippen molar-refractivity contribution in [3.63, 3.8) is 0 Å². The van der Waals surface area contributed by atoms with Crippen LogP contribution in [0.5, 0.6) is 0 Å². The number of benzene rings is 1. The summed E-state index contributed by atoms with van der Waals surface area (Å²) < 4.78 is 33.9. The standard InChI is InChI=1S/C12H15FN2O3S/c1-8-4-10(2-3-11(8)14)15-6-9(5-12(15)16)7-19(13,17)18/h2-4,9H,5-7,14H2,1H3. The van der Waals surface area contributed by atoms with E-state index in [1.54, 1.807) is 18.2 Å². The topological polar surface area (TPSA) is 80.5 Å². The number of halogens is 1. The van der Waals surface area contributed by atoms with Crippen LogP contribution in [0, 0.1) is 12.8 Å². The Bertz CT molecular complexity index is 615. The van der Waals surface area contributed by atoms with Crippen molar-refractivity contribution in [2.75, 3.05) is 22.9 Å². The lowest BCUT2D eigenvalue weighted by atomic mass is 10.1. The number of hydrogen-bond donors (Lipinski definition) is 1. The van der Waals surface area contributed by atoms with Gasteiger partial charge in [0.2, 0.25) is 5.91 Å². The Balaban J connectivity index is 2.18. The van der Waals surface area contributed by atoms with Gasteiger partial charge in [0.15, 0.2) is 0 Å². The van der Waals surface area contributed by atoms with Gasteiger partial charge in [-0.2, -0.15) is 8.42 Å². The van der Waals surface area contributed by atoms with Gasteiger partial charge >= 0.3 is 10.2 Å². The third kappa shape index (κ3) is 3.23. The van der Waals surface area contributed by atoms with E-state index in [4.69, 9.17) is 5.73 Å². The molecule has 19 heavy (non-hydrogen) atoms. The third-order valence-corrected chi connectivity index (χ3v) is 4.07. The number of nitrogens with zero attached hydrogens (tertiary/aromatic N) is 1. The first-order valence-electron chi connectivity index (χ1n) is 5.85. The molecule has 1 unspecified atom stereocenters. The van der Waals surface area contributed by atoms with Gasteiger partial charge in [-0.25, -0.2) is 0 Å². The van der Waals surface area contributed by atoms with E-state index in [1.165, 1.54) is 4.90 Å². The van der Waals surface area contributed by atoms with Gasteiger partial charge in [0.25, 0.3) is 0 Å². The summed E-state index contributed by atoms with van der Waals surface area (Å²) in [7, 11) is -4.55. The van der Waals surface area contributed by atoms with Crippen LogP contribution in [0.25, 0.3) is 0 Å². The SMILES string of the molecule is Cc1cc(N2CC(CS(=O)(=O)F)CC2=O)ccc1N. The van der Waals surface area contributed by atoms with Gasteiger partial charge in [-0.05, 0) is 30.7 Å². The summed E-state index contributed by atoms with van der Waals surface area (Å²) in [4.78, 5) is 13.3. The average molecular weight is 286 g/mol.